The third kappa shape index (κ3) is 3.12. The number of rotatable bonds is 3. The van der Waals surface area contributed by atoms with Crippen molar-refractivity contribution in [1.82, 2.24) is 15.3 Å². The number of carbonyl (C=O) groups excluding carboxylic acids is 1. The van der Waals surface area contributed by atoms with Crippen molar-refractivity contribution in [2.24, 2.45) is 0 Å². The number of anilines is 1. The lowest BCUT2D eigenvalue weighted by molar-refractivity contribution is 0.254. The second-order valence-electron chi connectivity index (χ2n) is 4.43. The zero-order valence-corrected chi connectivity index (χ0v) is 11.9. The fraction of sp³-hybridized carbons (Fsp3) is 0.267. The van der Waals surface area contributed by atoms with Crippen molar-refractivity contribution in [2.45, 2.75) is 20.3 Å². The molecule has 0 bridgehead atoms. The largest absolute Gasteiger partial charge is 0.341 e. The quantitative estimate of drug-likeness (QED) is 0.901. The Bertz CT molecular complexity index is 625. The van der Waals surface area contributed by atoms with Gasteiger partial charge in [-0.1, -0.05) is 6.92 Å². The molecule has 2 rings (SSSR count). The lowest BCUT2D eigenvalue weighted by Crippen LogP contribution is -2.25. The van der Waals surface area contributed by atoms with E-state index in [4.69, 9.17) is 0 Å². The summed E-state index contributed by atoms with van der Waals surface area (Å²) in [6.07, 6.45) is 2.58. The molecule has 2 N–H and O–H groups in total. The summed E-state index contributed by atoms with van der Waals surface area (Å²) in [6, 6.07) is 7.51. The number of nitrogens with one attached hydrogen (secondary N) is 2. The van der Waals surface area contributed by atoms with Crippen LogP contribution in [0.3, 0.4) is 0 Å². The van der Waals surface area contributed by atoms with Crippen molar-refractivity contribution in [2.75, 3.05) is 12.4 Å². The van der Waals surface area contributed by atoms with E-state index in [0.717, 1.165) is 28.9 Å². The number of carbonyl (C=O) groups is 1. The molecular formula is C15H18N4O. The van der Waals surface area contributed by atoms with E-state index in [-0.39, 0.29) is 6.03 Å². The van der Waals surface area contributed by atoms with Crippen LogP contribution >= 0.6 is 0 Å². The zero-order valence-electron chi connectivity index (χ0n) is 11.9. The molecule has 0 unspecified atom stereocenters. The SMILES string of the molecule is CCc1nc(NC(=O)NC)ccc1-c1ccnc(C)c1. The summed E-state index contributed by atoms with van der Waals surface area (Å²) in [6.45, 7) is 4.01. The third-order valence-corrected chi connectivity index (χ3v) is 2.99. The Kier molecular flexibility index (Phi) is 4.30. The number of aryl methyl sites for hydroxylation is 2. The molecule has 5 heteroatoms. The molecule has 0 radical (unpaired) electrons. The molecule has 5 nitrogen and oxygen atoms in total. The predicted octanol–water partition coefficient (Wildman–Crippen LogP) is 2.77. The van der Waals surface area contributed by atoms with Gasteiger partial charge in [0.1, 0.15) is 5.82 Å². The van der Waals surface area contributed by atoms with Gasteiger partial charge >= 0.3 is 6.03 Å². The number of hydrogen-bond acceptors (Lipinski definition) is 3. The van der Waals surface area contributed by atoms with Crippen molar-refractivity contribution in [3.05, 3.63) is 41.9 Å². The van der Waals surface area contributed by atoms with Crippen molar-refractivity contribution in [1.29, 1.82) is 0 Å². The van der Waals surface area contributed by atoms with Gasteiger partial charge in [0.25, 0.3) is 0 Å². The maximum atomic E-state index is 11.3. The molecule has 0 fully saturated rings. The highest BCUT2D eigenvalue weighted by Gasteiger charge is 2.08. The molecular weight excluding hydrogens is 252 g/mol. The van der Waals surface area contributed by atoms with Crippen molar-refractivity contribution < 1.29 is 4.79 Å². The Balaban J connectivity index is 2.38. The van der Waals surface area contributed by atoms with Crippen LogP contribution in [0.4, 0.5) is 10.6 Å². The van der Waals surface area contributed by atoms with Gasteiger partial charge in [0.05, 0.1) is 5.69 Å². The molecule has 0 saturated carbocycles. The van der Waals surface area contributed by atoms with Crippen LogP contribution in [0.2, 0.25) is 0 Å². The average molecular weight is 270 g/mol. The molecule has 0 aliphatic rings. The first-order valence-electron chi connectivity index (χ1n) is 6.55. The second kappa shape index (κ2) is 6.14. The smallest absolute Gasteiger partial charge is 0.320 e. The van der Waals surface area contributed by atoms with Gasteiger partial charge in [-0.2, -0.15) is 0 Å². The van der Waals surface area contributed by atoms with E-state index in [9.17, 15) is 4.79 Å². The molecule has 2 amide bonds. The van der Waals surface area contributed by atoms with E-state index in [2.05, 4.69) is 20.6 Å². The van der Waals surface area contributed by atoms with Crippen LogP contribution in [0.25, 0.3) is 11.1 Å². The molecule has 2 aromatic rings. The molecule has 0 aromatic carbocycles. The van der Waals surface area contributed by atoms with Gasteiger partial charge in [0.2, 0.25) is 0 Å². The molecule has 104 valence electrons. The number of hydrogen-bond donors (Lipinski definition) is 2. The molecule has 20 heavy (non-hydrogen) atoms. The summed E-state index contributed by atoms with van der Waals surface area (Å²) >= 11 is 0. The van der Waals surface area contributed by atoms with E-state index in [1.165, 1.54) is 0 Å². The molecule has 2 aromatic heterocycles. The van der Waals surface area contributed by atoms with E-state index >= 15 is 0 Å². The number of pyridine rings is 2. The molecule has 2 heterocycles. The molecule has 0 aliphatic heterocycles. The van der Waals surface area contributed by atoms with Crippen molar-refractivity contribution in [3.63, 3.8) is 0 Å². The Morgan fingerprint density at radius 1 is 1.30 bits per heavy atom. The summed E-state index contributed by atoms with van der Waals surface area (Å²) in [5.74, 6) is 0.552. The number of nitrogens with zero attached hydrogens (tertiary/aromatic N) is 2. The van der Waals surface area contributed by atoms with E-state index < -0.39 is 0 Å². The van der Waals surface area contributed by atoms with Crippen LogP contribution in [0.1, 0.15) is 18.3 Å². The number of amides is 2. The monoisotopic (exact) mass is 270 g/mol. The minimum atomic E-state index is -0.271. The fourth-order valence-corrected chi connectivity index (χ4v) is 2.00. The summed E-state index contributed by atoms with van der Waals surface area (Å²) in [5, 5.41) is 5.19. The standard InChI is InChI=1S/C15H18N4O/c1-4-13-12(11-7-8-17-10(2)9-11)5-6-14(18-13)19-15(20)16-3/h5-9H,4H2,1-3H3,(H2,16,18,19,20). The van der Waals surface area contributed by atoms with E-state index in [0.29, 0.717) is 5.82 Å². The second-order valence-corrected chi connectivity index (χ2v) is 4.43. The maximum Gasteiger partial charge on any atom is 0.320 e. The molecule has 0 saturated heterocycles. The summed E-state index contributed by atoms with van der Waals surface area (Å²) in [7, 11) is 1.57. The van der Waals surface area contributed by atoms with Gasteiger partial charge in [-0.3, -0.25) is 10.3 Å². The van der Waals surface area contributed by atoms with Crippen molar-refractivity contribution in [3.8, 4) is 11.1 Å². The first-order valence-corrected chi connectivity index (χ1v) is 6.55. The van der Waals surface area contributed by atoms with Gasteiger partial charge in [0, 0.05) is 24.5 Å². The van der Waals surface area contributed by atoms with Crippen LogP contribution in [0, 0.1) is 6.92 Å². The Labute approximate surface area is 118 Å². The summed E-state index contributed by atoms with van der Waals surface area (Å²) < 4.78 is 0. The fourth-order valence-electron chi connectivity index (χ4n) is 2.00. The highest BCUT2D eigenvalue weighted by molar-refractivity contribution is 5.88. The number of urea groups is 1. The lowest BCUT2D eigenvalue weighted by Gasteiger charge is -2.11. The van der Waals surface area contributed by atoms with Crippen LogP contribution in [0.5, 0.6) is 0 Å². The van der Waals surface area contributed by atoms with Gasteiger partial charge in [-0.25, -0.2) is 9.78 Å². The normalized spacial score (nSPS) is 10.2. The topological polar surface area (TPSA) is 66.9 Å². The van der Waals surface area contributed by atoms with E-state index in [1.54, 1.807) is 19.3 Å². The first-order chi connectivity index (χ1) is 9.63. The Hall–Kier alpha value is -2.43. The van der Waals surface area contributed by atoms with Crippen LogP contribution < -0.4 is 10.6 Å². The minimum Gasteiger partial charge on any atom is -0.341 e. The molecule has 0 spiro atoms. The van der Waals surface area contributed by atoms with Gasteiger partial charge in [-0.15, -0.1) is 0 Å². The highest BCUT2D eigenvalue weighted by atomic mass is 16.2. The van der Waals surface area contributed by atoms with Gasteiger partial charge < -0.3 is 5.32 Å². The Morgan fingerprint density at radius 3 is 2.75 bits per heavy atom. The number of aromatic nitrogens is 2. The molecule has 0 aliphatic carbocycles. The Morgan fingerprint density at radius 2 is 2.10 bits per heavy atom. The van der Waals surface area contributed by atoms with Crippen LogP contribution in [-0.2, 0) is 6.42 Å². The van der Waals surface area contributed by atoms with Crippen molar-refractivity contribution >= 4 is 11.8 Å². The maximum absolute atomic E-state index is 11.3. The average Bonchev–Trinajstić information content (AvgIpc) is 2.47. The lowest BCUT2D eigenvalue weighted by atomic mass is 10.0. The van der Waals surface area contributed by atoms with Gasteiger partial charge in [0.15, 0.2) is 0 Å². The molecule has 0 atom stereocenters. The summed E-state index contributed by atoms with van der Waals surface area (Å²) in [5.41, 5.74) is 4.08. The predicted molar refractivity (Wildman–Crippen MR) is 79.7 cm³/mol. The zero-order chi connectivity index (χ0) is 14.5. The van der Waals surface area contributed by atoms with Crippen LogP contribution in [0.15, 0.2) is 30.5 Å². The third-order valence-electron chi connectivity index (χ3n) is 2.99. The minimum absolute atomic E-state index is 0.271. The van der Waals surface area contributed by atoms with Crippen LogP contribution in [-0.4, -0.2) is 23.0 Å². The van der Waals surface area contributed by atoms with Gasteiger partial charge in [-0.05, 0) is 43.2 Å². The highest BCUT2D eigenvalue weighted by Crippen LogP contribution is 2.24. The van der Waals surface area contributed by atoms with E-state index in [1.807, 2.05) is 32.0 Å². The first kappa shape index (κ1) is 14.0. The summed E-state index contributed by atoms with van der Waals surface area (Å²) in [4.78, 5) is 20.0.